The van der Waals surface area contributed by atoms with Gasteiger partial charge in [-0.2, -0.15) is 0 Å². The van der Waals surface area contributed by atoms with E-state index in [4.69, 9.17) is 5.84 Å². The fraction of sp³-hybridized carbons (Fsp3) is 0.300. The van der Waals surface area contributed by atoms with Crippen LogP contribution in [-0.4, -0.2) is 28.2 Å². The Labute approximate surface area is 93.4 Å². The third-order valence-corrected chi connectivity index (χ3v) is 2.07. The van der Waals surface area contributed by atoms with Gasteiger partial charge in [-0.1, -0.05) is 6.07 Å². The number of hydrazine groups is 1. The largest absolute Gasteiger partial charge is 0.329 e. The van der Waals surface area contributed by atoms with Crippen molar-refractivity contribution in [1.29, 1.82) is 0 Å². The number of hydrogen-bond acceptors (Lipinski definition) is 4. The van der Waals surface area contributed by atoms with Crippen LogP contribution in [0.4, 0.5) is 0 Å². The van der Waals surface area contributed by atoms with Crippen LogP contribution in [0.5, 0.6) is 0 Å². The van der Waals surface area contributed by atoms with Gasteiger partial charge in [0.25, 0.3) is 0 Å². The fourth-order valence-electron chi connectivity index (χ4n) is 1.22. The van der Waals surface area contributed by atoms with Gasteiger partial charge in [-0.3, -0.25) is 20.0 Å². The third-order valence-electron chi connectivity index (χ3n) is 2.07. The van der Waals surface area contributed by atoms with Crippen LogP contribution in [0.15, 0.2) is 24.4 Å². The topological polar surface area (TPSA) is 88.3 Å². The maximum absolute atomic E-state index is 11.5. The number of rotatable bonds is 3. The number of carbonyl (C=O) groups excluding carboxylic acids is 2. The lowest BCUT2D eigenvalue weighted by molar-refractivity contribution is -0.146. The molecule has 1 aromatic rings. The first kappa shape index (κ1) is 12.1. The second-order valence-corrected chi connectivity index (χ2v) is 3.11. The number of carbonyl (C=O) groups is 2. The molecule has 0 unspecified atom stereocenters. The highest BCUT2D eigenvalue weighted by Crippen LogP contribution is 2.01. The van der Waals surface area contributed by atoms with E-state index in [1.807, 2.05) is 11.5 Å². The SMILES string of the molecule is CCN(Cc1ccccn1)C(=O)C(=O)NN. The lowest BCUT2D eigenvalue weighted by atomic mass is 10.3. The summed E-state index contributed by atoms with van der Waals surface area (Å²) in [4.78, 5) is 28.0. The molecule has 0 aliphatic rings. The number of nitrogens with one attached hydrogen (secondary N) is 1. The number of amides is 2. The van der Waals surface area contributed by atoms with Gasteiger partial charge in [0, 0.05) is 12.7 Å². The van der Waals surface area contributed by atoms with Crippen LogP contribution in [-0.2, 0) is 16.1 Å². The van der Waals surface area contributed by atoms with Crippen molar-refractivity contribution in [3.05, 3.63) is 30.1 Å². The van der Waals surface area contributed by atoms with Crippen LogP contribution in [0.2, 0.25) is 0 Å². The predicted octanol–water partition coefficient (Wildman–Crippen LogP) is -0.580. The molecular weight excluding hydrogens is 208 g/mol. The molecule has 0 fully saturated rings. The minimum absolute atomic E-state index is 0.295. The van der Waals surface area contributed by atoms with E-state index in [1.165, 1.54) is 4.90 Å². The Morgan fingerprint density at radius 2 is 2.25 bits per heavy atom. The highest BCUT2D eigenvalue weighted by molar-refractivity contribution is 6.34. The van der Waals surface area contributed by atoms with E-state index in [0.29, 0.717) is 13.1 Å². The number of likely N-dealkylation sites (N-methyl/N-ethyl adjacent to an activating group) is 1. The van der Waals surface area contributed by atoms with Crippen LogP contribution in [0.1, 0.15) is 12.6 Å². The van der Waals surface area contributed by atoms with Crippen molar-refractivity contribution in [2.24, 2.45) is 5.84 Å². The van der Waals surface area contributed by atoms with E-state index in [1.54, 1.807) is 25.3 Å². The molecule has 0 saturated heterocycles. The Balaban J connectivity index is 2.69. The van der Waals surface area contributed by atoms with Crippen LogP contribution in [0, 0.1) is 0 Å². The predicted molar refractivity (Wildman–Crippen MR) is 57.7 cm³/mol. The first-order chi connectivity index (χ1) is 7.69. The van der Waals surface area contributed by atoms with Crippen LogP contribution in [0.25, 0.3) is 0 Å². The number of hydrogen-bond donors (Lipinski definition) is 2. The maximum Gasteiger partial charge on any atom is 0.323 e. The molecule has 0 aliphatic carbocycles. The standard InChI is InChI=1S/C10H14N4O2/c1-2-14(10(16)9(15)13-11)7-8-5-3-4-6-12-8/h3-6H,2,7,11H2,1H3,(H,13,15). The summed E-state index contributed by atoms with van der Waals surface area (Å²) in [7, 11) is 0. The van der Waals surface area contributed by atoms with Gasteiger partial charge in [-0.05, 0) is 19.1 Å². The van der Waals surface area contributed by atoms with Crippen molar-refractivity contribution in [2.45, 2.75) is 13.5 Å². The molecule has 16 heavy (non-hydrogen) atoms. The minimum Gasteiger partial charge on any atom is -0.329 e. The first-order valence-corrected chi connectivity index (χ1v) is 4.88. The second-order valence-electron chi connectivity index (χ2n) is 3.11. The zero-order chi connectivity index (χ0) is 12.0. The molecule has 2 amide bonds. The molecule has 0 aliphatic heterocycles. The Bertz CT molecular complexity index is 366. The first-order valence-electron chi connectivity index (χ1n) is 4.88. The Morgan fingerprint density at radius 3 is 2.75 bits per heavy atom. The highest BCUT2D eigenvalue weighted by Gasteiger charge is 2.19. The number of nitrogens with two attached hydrogens (primary N) is 1. The number of pyridine rings is 1. The summed E-state index contributed by atoms with van der Waals surface area (Å²) in [6, 6.07) is 5.40. The normalized spacial score (nSPS) is 9.62. The molecule has 0 aromatic carbocycles. The van der Waals surface area contributed by atoms with Gasteiger partial charge < -0.3 is 4.90 Å². The van der Waals surface area contributed by atoms with Crippen molar-refractivity contribution in [2.75, 3.05) is 6.54 Å². The molecule has 0 spiro atoms. The molecule has 0 radical (unpaired) electrons. The lowest BCUT2D eigenvalue weighted by Crippen LogP contribution is -2.45. The Morgan fingerprint density at radius 1 is 1.50 bits per heavy atom. The number of nitrogens with zero attached hydrogens (tertiary/aromatic N) is 2. The molecule has 6 heteroatoms. The van der Waals surface area contributed by atoms with Crippen LogP contribution < -0.4 is 11.3 Å². The smallest absolute Gasteiger partial charge is 0.323 e. The van der Waals surface area contributed by atoms with E-state index >= 15 is 0 Å². The zero-order valence-electron chi connectivity index (χ0n) is 9.01. The minimum atomic E-state index is -0.821. The molecule has 86 valence electrons. The van der Waals surface area contributed by atoms with E-state index in [-0.39, 0.29) is 0 Å². The zero-order valence-corrected chi connectivity index (χ0v) is 9.01. The highest BCUT2D eigenvalue weighted by atomic mass is 16.2. The van der Waals surface area contributed by atoms with Crippen molar-refractivity contribution in [3.8, 4) is 0 Å². The summed E-state index contributed by atoms with van der Waals surface area (Å²) in [5.41, 5.74) is 2.54. The van der Waals surface area contributed by atoms with Crippen molar-refractivity contribution in [1.82, 2.24) is 15.3 Å². The maximum atomic E-state index is 11.5. The molecule has 1 rings (SSSR count). The van der Waals surface area contributed by atoms with Gasteiger partial charge in [-0.25, -0.2) is 5.84 Å². The summed E-state index contributed by atoms with van der Waals surface area (Å²) in [5.74, 6) is 3.42. The van der Waals surface area contributed by atoms with E-state index in [2.05, 4.69) is 4.98 Å². The second kappa shape index (κ2) is 5.82. The van der Waals surface area contributed by atoms with E-state index < -0.39 is 11.8 Å². The molecule has 0 saturated carbocycles. The van der Waals surface area contributed by atoms with E-state index in [0.717, 1.165) is 5.69 Å². The molecular formula is C10H14N4O2. The monoisotopic (exact) mass is 222 g/mol. The number of aromatic nitrogens is 1. The average Bonchev–Trinajstić information content (AvgIpc) is 2.35. The fourth-order valence-corrected chi connectivity index (χ4v) is 1.22. The van der Waals surface area contributed by atoms with Gasteiger partial charge in [0.1, 0.15) is 0 Å². The summed E-state index contributed by atoms with van der Waals surface area (Å²) in [5, 5.41) is 0. The Kier molecular flexibility index (Phi) is 4.41. The molecule has 1 aromatic heterocycles. The third kappa shape index (κ3) is 3.03. The summed E-state index contributed by atoms with van der Waals surface area (Å²) in [6.45, 7) is 2.50. The van der Waals surface area contributed by atoms with E-state index in [9.17, 15) is 9.59 Å². The quantitative estimate of drug-likeness (QED) is 0.310. The van der Waals surface area contributed by atoms with Gasteiger partial charge in [0.05, 0.1) is 12.2 Å². The molecule has 3 N–H and O–H groups in total. The van der Waals surface area contributed by atoms with Crippen LogP contribution >= 0.6 is 0 Å². The summed E-state index contributed by atoms with van der Waals surface area (Å²) in [6.07, 6.45) is 1.64. The van der Waals surface area contributed by atoms with Gasteiger partial charge in [-0.15, -0.1) is 0 Å². The van der Waals surface area contributed by atoms with Gasteiger partial charge in [0.15, 0.2) is 0 Å². The Hall–Kier alpha value is -1.95. The van der Waals surface area contributed by atoms with Crippen molar-refractivity contribution in [3.63, 3.8) is 0 Å². The molecule has 0 bridgehead atoms. The summed E-state index contributed by atoms with van der Waals surface area (Å²) < 4.78 is 0. The lowest BCUT2D eigenvalue weighted by Gasteiger charge is -2.18. The molecule has 0 atom stereocenters. The average molecular weight is 222 g/mol. The van der Waals surface area contributed by atoms with Crippen molar-refractivity contribution >= 4 is 11.8 Å². The van der Waals surface area contributed by atoms with Gasteiger partial charge in [0.2, 0.25) is 0 Å². The van der Waals surface area contributed by atoms with Crippen molar-refractivity contribution < 1.29 is 9.59 Å². The molecule has 6 nitrogen and oxygen atoms in total. The molecule has 1 heterocycles. The van der Waals surface area contributed by atoms with Gasteiger partial charge >= 0.3 is 11.8 Å². The van der Waals surface area contributed by atoms with Crippen LogP contribution in [0.3, 0.4) is 0 Å². The summed E-state index contributed by atoms with van der Waals surface area (Å²) >= 11 is 0.